The van der Waals surface area contributed by atoms with E-state index in [0.29, 0.717) is 17.7 Å². The zero-order valence-electron chi connectivity index (χ0n) is 10.1. The van der Waals surface area contributed by atoms with E-state index in [1.807, 2.05) is 20.8 Å². The third kappa shape index (κ3) is 2.57. The molecule has 0 bridgehead atoms. The number of carbonyl (C=O) groups excluding carboxylic acids is 1. The van der Waals surface area contributed by atoms with Crippen LogP contribution in [0.2, 0.25) is 0 Å². The van der Waals surface area contributed by atoms with Crippen molar-refractivity contribution in [1.82, 2.24) is 4.90 Å². The molecular formula is C12H23NO. The second-order valence-corrected chi connectivity index (χ2v) is 5.67. The van der Waals surface area contributed by atoms with Gasteiger partial charge >= 0.3 is 0 Å². The zero-order chi connectivity index (χ0) is 10.9. The number of rotatable bonds is 1. The van der Waals surface area contributed by atoms with Gasteiger partial charge in [-0.3, -0.25) is 4.79 Å². The summed E-state index contributed by atoms with van der Waals surface area (Å²) < 4.78 is 0. The van der Waals surface area contributed by atoms with Gasteiger partial charge in [0.05, 0.1) is 0 Å². The lowest BCUT2D eigenvalue weighted by molar-refractivity contribution is -0.132. The van der Waals surface area contributed by atoms with E-state index in [-0.39, 0.29) is 5.41 Å². The van der Waals surface area contributed by atoms with Crippen LogP contribution in [0.4, 0.5) is 0 Å². The minimum atomic E-state index is -0.166. The molecule has 1 aliphatic rings. The average molecular weight is 197 g/mol. The lowest BCUT2D eigenvalue weighted by Gasteiger charge is -2.36. The molecule has 0 aromatic carbocycles. The Kier molecular flexibility index (Phi) is 3.36. The molecule has 0 spiro atoms. The summed E-state index contributed by atoms with van der Waals surface area (Å²) in [5.41, 5.74) is -0.166. The van der Waals surface area contributed by atoms with Gasteiger partial charge in [-0.2, -0.15) is 0 Å². The van der Waals surface area contributed by atoms with Crippen LogP contribution in [0.1, 0.15) is 40.5 Å². The average Bonchev–Trinajstić information content (AvgIpc) is 2.07. The maximum Gasteiger partial charge on any atom is 0.141 e. The second-order valence-electron chi connectivity index (χ2n) is 5.67. The quantitative estimate of drug-likeness (QED) is 0.643. The number of hydrogen-bond donors (Lipinski definition) is 0. The summed E-state index contributed by atoms with van der Waals surface area (Å²) >= 11 is 0. The molecule has 2 nitrogen and oxygen atoms in total. The van der Waals surface area contributed by atoms with E-state index in [4.69, 9.17) is 0 Å². The Hall–Kier alpha value is -0.370. The number of hydrogen-bond acceptors (Lipinski definition) is 2. The van der Waals surface area contributed by atoms with Crippen molar-refractivity contribution in [1.29, 1.82) is 0 Å². The molecule has 1 heterocycles. The zero-order valence-corrected chi connectivity index (χ0v) is 10.1. The van der Waals surface area contributed by atoms with Crippen molar-refractivity contribution >= 4 is 5.78 Å². The normalized spacial score (nSPS) is 30.4. The van der Waals surface area contributed by atoms with E-state index >= 15 is 0 Å². The maximum atomic E-state index is 12.1. The number of carbonyl (C=O) groups is 1. The number of Topliss-reactive ketones (excluding diaryl/α,β-unsaturated/α-hetero) is 1. The molecule has 0 N–H and O–H groups in total. The summed E-state index contributed by atoms with van der Waals surface area (Å²) in [5, 5.41) is 0. The van der Waals surface area contributed by atoms with E-state index in [0.717, 1.165) is 19.4 Å². The molecule has 1 saturated heterocycles. The van der Waals surface area contributed by atoms with Crippen LogP contribution in [0.15, 0.2) is 0 Å². The predicted molar refractivity (Wildman–Crippen MR) is 59.3 cm³/mol. The van der Waals surface area contributed by atoms with Crippen LogP contribution in [0.3, 0.4) is 0 Å². The van der Waals surface area contributed by atoms with Gasteiger partial charge in [-0.1, -0.05) is 20.8 Å². The molecule has 14 heavy (non-hydrogen) atoms. The molecule has 82 valence electrons. The molecular weight excluding hydrogens is 174 g/mol. The van der Waals surface area contributed by atoms with Gasteiger partial charge in [-0.05, 0) is 33.4 Å². The highest BCUT2D eigenvalue weighted by Gasteiger charge is 2.33. The van der Waals surface area contributed by atoms with Crippen molar-refractivity contribution in [2.75, 3.05) is 13.6 Å². The third-order valence-electron chi connectivity index (χ3n) is 3.32. The Balaban J connectivity index is 2.59. The highest BCUT2D eigenvalue weighted by atomic mass is 16.1. The van der Waals surface area contributed by atoms with Crippen molar-refractivity contribution < 1.29 is 4.79 Å². The number of likely N-dealkylation sites (tertiary alicyclic amines) is 1. The smallest absolute Gasteiger partial charge is 0.141 e. The van der Waals surface area contributed by atoms with E-state index in [1.54, 1.807) is 0 Å². The molecule has 0 radical (unpaired) electrons. The highest BCUT2D eigenvalue weighted by molar-refractivity contribution is 5.86. The fraction of sp³-hybridized carbons (Fsp3) is 0.917. The van der Waals surface area contributed by atoms with Crippen molar-refractivity contribution in [2.24, 2.45) is 11.3 Å². The third-order valence-corrected chi connectivity index (χ3v) is 3.32. The summed E-state index contributed by atoms with van der Waals surface area (Å²) in [6.07, 6.45) is 2.07. The first kappa shape index (κ1) is 11.7. The topological polar surface area (TPSA) is 20.3 Å². The fourth-order valence-electron chi connectivity index (χ4n) is 2.14. The Morgan fingerprint density at radius 1 is 1.36 bits per heavy atom. The Morgan fingerprint density at radius 3 is 2.36 bits per heavy atom. The van der Waals surface area contributed by atoms with Crippen LogP contribution in [0, 0.1) is 11.3 Å². The summed E-state index contributed by atoms with van der Waals surface area (Å²) in [6, 6.07) is 0.556. The molecule has 2 heteroatoms. The molecule has 0 aromatic rings. The minimum absolute atomic E-state index is 0.166. The number of nitrogens with zero attached hydrogens (tertiary/aromatic N) is 1. The SMILES string of the molecule is C[C@@H]1C[C@@H](C(=O)C(C)(C)C)CCN1C. The summed E-state index contributed by atoms with van der Waals surface area (Å²) in [7, 11) is 2.14. The van der Waals surface area contributed by atoms with Crippen molar-refractivity contribution in [2.45, 2.75) is 46.6 Å². The first-order valence-electron chi connectivity index (χ1n) is 5.57. The van der Waals surface area contributed by atoms with Crippen molar-refractivity contribution in [3.05, 3.63) is 0 Å². The van der Waals surface area contributed by atoms with Gasteiger partial charge < -0.3 is 4.90 Å². The van der Waals surface area contributed by atoms with E-state index in [1.165, 1.54) is 0 Å². The molecule has 0 saturated carbocycles. The molecule has 0 amide bonds. The Morgan fingerprint density at radius 2 is 1.93 bits per heavy atom. The molecule has 1 aliphatic heterocycles. The lowest BCUT2D eigenvalue weighted by Crippen LogP contribution is -2.42. The van der Waals surface area contributed by atoms with Crippen LogP contribution in [-0.4, -0.2) is 30.3 Å². The monoisotopic (exact) mass is 197 g/mol. The van der Waals surface area contributed by atoms with E-state index in [2.05, 4.69) is 18.9 Å². The van der Waals surface area contributed by atoms with Gasteiger partial charge in [0, 0.05) is 17.4 Å². The maximum absolute atomic E-state index is 12.1. The van der Waals surface area contributed by atoms with Gasteiger partial charge in [0.1, 0.15) is 5.78 Å². The summed E-state index contributed by atoms with van der Waals surface area (Å²) in [5.74, 6) is 0.735. The van der Waals surface area contributed by atoms with Gasteiger partial charge in [0.25, 0.3) is 0 Å². The van der Waals surface area contributed by atoms with Gasteiger partial charge in [0.15, 0.2) is 0 Å². The first-order chi connectivity index (χ1) is 6.32. The fourth-order valence-corrected chi connectivity index (χ4v) is 2.14. The standard InChI is InChI=1S/C12H23NO/c1-9-8-10(6-7-13(9)5)11(14)12(2,3)4/h9-10H,6-8H2,1-5H3/t9-,10+/m1/s1. The Bertz CT molecular complexity index is 217. The molecule has 0 aliphatic carbocycles. The van der Waals surface area contributed by atoms with Crippen molar-refractivity contribution in [3.63, 3.8) is 0 Å². The van der Waals surface area contributed by atoms with E-state index < -0.39 is 0 Å². The molecule has 0 unspecified atom stereocenters. The lowest BCUT2D eigenvalue weighted by atomic mass is 9.77. The largest absolute Gasteiger partial charge is 0.304 e. The van der Waals surface area contributed by atoms with Gasteiger partial charge in [-0.25, -0.2) is 0 Å². The molecule has 1 fully saturated rings. The van der Waals surface area contributed by atoms with Crippen LogP contribution in [0.5, 0.6) is 0 Å². The van der Waals surface area contributed by atoms with Gasteiger partial charge in [-0.15, -0.1) is 0 Å². The first-order valence-corrected chi connectivity index (χ1v) is 5.57. The highest BCUT2D eigenvalue weighted by Crippen LogP contribution is 2.29. The molecule has 0 aromatic heterocycles. The van der Waals surface area contributed by atoms with E-state index in [9.17, 15) is 4.79 Å². The van der Waals surface area contributed by atoms with Gasteiger partial charge in [0.2, 0.25) is 0 Å². The summed E-state index contributed by atoms with van der Waals surface area (Å²) in [4.78, 5) is 14.4. The predicted octanol–water partition coefficient (Wildman–Crippen LogP) is 2.33. The van der Waals surface area contributed by atoms with Crippen LogP contribution >= 0.6 is 0 Å². The van der Waals surface area contributed by atoms with Crippen LogP contribution < -0.4 is 0 Å². The Labute approximate surface area is 87.7 Å². The second kappa shape index (κ2) is 4.01. The number of piperidine rings is 1. The minimum Gasteiger partial charge on any atom is -0.304 e. The molecule has 1 rings (SSSR count). The summed E-state index contributed by atoms with van der Waals surface area (Å²) in [6.45, 7) is 9.35. The van der Waals surface area contributed by atoms with Crippen molar-refractivity contribution in [3.8, 4) is 0 Å². The van der Waals surface area contributed by atoms with Crippen LogP contribution in [0.25, 0.3) is 0 Å². The molecule has 2 atom stereocenters. The van der Waals surface area contributed by atoms with Crippen LogP contribution in [-0.2, 0) is 4.79 Å². The number of ketones is 1.